The fourth-order valence-electron chi connectivity index (χ4n) is 8.68. The number of nitrogens with zero attached hydrogens (tertiary/aromatic N) is 1. The second-order valence-electron chi connectivity index (χ2n) is 15.1. The molecule has 1 nitrogen and oxygen atoms in total. The zero-order chi connectivity index (χ0) is 40.4. The third kappa shape index (κ3) is 8.50. The highest BCUT2D eigenvalue weighted by molar-refractivity contribution is 5.94. The molecule has 0 saturated carbocycles. The minimum absolute atomic E-state index is 0.108. The fourth-order valence-corrected chi connectivity index (χ4v) is 8.68. The number of hydrogen-bond donors (Lipinski definition) is 0. The van der Waals surface area contributed by atoms with E-state index in [4.69, 9.17) is 0 Å². The van der Waals surface area contributed by atoms with Crippen LogP contribution in [0.4, 0.5) is 0 Å². The van der Waals surface area contributed by atoms with Gasteiger partial charge < -0.3 is 0 Å². The number of rotatable bonds is 9. The van der Waals surface area contributed by atoms with Crippen LogP contribution in [-0.4, -0.2) is 4.98 Å². The lowest BCUT2D eigenvalue weighted by molar-refractivity contribution is 0.771. The third-order valence-electron chi connectivity index (χ3n) is 11.5. The molecule has 6 aromatic rings. The summed E-state index contributed by atoms with van der Waals surface area (Å²) in [5.74, 6) is 0.640. The van der Waals surface area contributed by atoms with Crippen LogP contribution in [0.5, 0.6) is 0 Å². The molecule has 288 valence electrons. The summed E-state index contributed by atoms with van der Waals surface area (Å²) in [4.78, 5) is 4.44. The second kappa shape index (κ2) is 18.8. The average Bonchev–Trinajstić information content (AvgIpc) is 3.52. The minimum Gasteiger partial charge on any atom is -0.264 e. The van der Waals surface area contributed by atoms with Crippen molar-refractivity contribution in [3.8, 4) is 11.1 Å². The quantitative estimate of drug-likeness (QED) is 0.134. The van der Waals surface area contributed by atoms with Gasteiger partial charge in [-0.1, -0.05) is 198 Å². The number of fused-ring (bicyclic) bond motifs is 1. The first-order valence-corrected chi connectivity index (χ1v) is 21.1. The van der Waals surface area contributed by atoms with Crippen LogP contribution in [0.3, 0.4) is 0 Å². The second-order valence-corrected chi connectivity index (χ2v) is 15.1. The van der Waals surface area contributed by atoms with Crippen molar-refractivity contribution in [1.82, 2.24) is 4.98 Å². The first-order chi connectivity index (χ1) is 28.5. The molecular weight excluding hydrogens is 699 g/mol. The molecule has 3 atom stereocenters. The Morgan fingerprint density at radius 3 is 1.97 bits per heavy atom. The maximum Gasteiger partial charge on any atom is 0.0346 e. The third-order valence-corrected chi connectivity index (χ3v) is 11.5. The highest BCUT2D eigenvalue weighted by atomic mass is 14.6. The van der Waals surface area contributed by atoms with E-state index >= 15 is 0 Å². The van der Waals surface area contributed by atoms with Crippen LogP contribution in [0.1, 0.15) is 75.8 Å². The molecule has 8 rings (SSSR count). The maximum atomic E-state index is 4.44. The van der Waals surface area contributed by atoms with Crippen molar-refractivity contribution in [2.45, 2.75) is 48.0 Å². The summed E-state index contributed by atoms with van der Waals surface area (Å²) in [6.07, 6.45) is 18.6. The van der Waals surface area contributed by atoms with Gasteiger partial charge in [0.25, 0.3) is 0 Å². The summed E-state index contributed by atoms with van der Waals surface area (Å²) in [5.41, 5.74) is 16.5. The van der Waals surface area contributed by atoms with Crippen molar-refractivity contribution >= 4 is 27.9 Å². The fraction of sp³-hybridized carbons (Fsp3) is 0.175. The van der Waals surface area contributed by atoms with Gasteiger partial charge in [-0.05, 0) is 115 Å². The summed E-state index contributed by atoms with van der Waals surface area (Å²) < 4.78 is 0. The molecule has 0 aliphatic heterocycles. The van der Waals surface area contributed by atoms with E-state index < -0.39 is 0 Å². The summed E-state index contributed by atoms with van der Waals surface area (Å²) in [7, 11) is 0. The number of allylic oxidation sites excluding steroid dienone is 10. The first kappa shape index (κ1) is 39.9. The number of pyridine rings is 1. The topological polar surface area (TPSA) is 12.9 Å². The molecule has 3 unspecified atom stereocenters. The molecule has 1 aromatic heterocycles. The molecule has 2 aliphatic carbocycles. The normalized spacial score (nSPS) is 17.7. The van der Waals surface area contributed by atoms with Gasteiger partial charge in [0.05, 0.1) is 0 Å². The average molecular weight is 754 g/mol. The highest BCUT2D eigenvalue weighted by Crippen LogP contribution is 2.42. The lowest BCUT2D eigenvalue weighted by atomic mass is 9.73. The lowest BCUT2D eigenvalue weighted by Crippen LogP contribution is -2.37. The van der Waals surface area contributed by atoms with E-state index in [-0.39, 0.29) is 11.8 Å². The zero-order valence-corrected chi connectivity index (χ0v) is 34.9. The molecule has 0 saturated heterocycles. The Kier molecular flexibility index (Phi) is 12.9. The molecule has 0 spiro atoms. The Morgan fingerprint density at radius 1 is 0.638 bits per heavy atom. The lowest BCUT2D eigenvalue weighted by Gasteiger charge is -2.30. The van der Waals surface area contributed by atoms with Crippen molar-refractivity contribution in [3.05, 3.63) is 238 Å². The van der Waals surface area contributed by atoms with Gasteiger partial charge in [0, 0.05) is 29.8 Å². The summed E-state index contributed by atoms with van der Waals surface area (Å²) in [6, 6.07) is 53.4. The predicted molar refractivity (Wildman–Crippen MR) is 250 cm³/mol. The van der Waals surface area contributed by atoms with Crippen LogP contribution in [0.25, 0.3) is 39.0 Å². The van der Waals surface area contributed by atoms with Crippen LogP contribution < -0.4 is 10.4 Å². The standard InChI is InChI=1S/C55H49N.C2H6/c1-5-41(53(43-22-10-7-11-23-43)39(3)42-20-8-6-9-21-42)36-52-40(4)54(47-27-17-26-46(35-47)49-29-18-32-56-37-49)50-30-14-15-31-51(50)55(52)48-28-16-25-45(34-48)44-24-13-12-19-38(2)33-44;1-2/h6-38,40-41H,5H2,1-4H3;1-2H3/b52-36+,53-39-;. The van der Waals surface area contributed by atoms with Gasteiger partial charge >= 0.3 is 0 Å². The van der Waals surface area contributed by atoms with E-state index in [1.807, 2.05) is 32.3 Å². The first-order valence-electron chi connectivity index (χ1n) is 21.1. The maximum absolute atomic E-state index is 4.44. The van der Waals surface area contributed by atoms with E-state index in [0.717, 1.165) is 12.0 Å². The van der Waals surface area contributed by atoms with Crippen molar-refractivity contribution in [3.63, 3.8) is 0 Å². The van der Waals surface area contributed by atoms with Crippen molar-refractivity contribution in [2.75, 3.05) is 0 Å². The van der Waals surface area contributed by atoms with Gasteiger partial charge in [-0.3, -0.25) is 4.98 Å². The largest absolute Gasteiger partial charge is 0.264 e. The molecule has 58 heavy (non-hydrogen) atoms. The Morgan fingerprint density at radius 2 is 1.26 bits per heavy atom. The summed E-state index contributed by atoms with van der Waals surface area (Å²) in [5, 5.41) is 2.57. The monoisotopic (exact) mass is 753 g/mol. The molecule has 5 aromatic carbocycles. The Bertz CT molecular complexity index is 2640. The molecule has 0 fully saturated rings. The van der Waals surface area contributed by atoms with Crippen molar-refractivity contribution in [2.24, 2.45) is 17.8 Å². The molecular formula is C57H55N. The molecule has 1 heterocycles. The van der Waals surface area contributed by atoms with Gasteiger partial charge in [0.2, 0.25) is 0 Å². The summed E-state index contributed by atoms with van der Waals surface area (Å²) >= 11 is 0. The Labute approximate surface area is 346 Å². The van der Waals surface area contributed by atoms with Crippen LogP contribution in [0, 0.1) is 17.8 Å². The SMILES string of the molecule is CC.CCC(/C=C1/C(c2cccc(C3=CC(C)C=CC=C3)c2)=c2ccccc2=C(c2cccc(-c3cccnc3)c2)C1C)/C(=C(\C)c1ccccc1)c1ccccc1. The van der Waals surface area contributed by atoms with Crippen LogP contribution in [0.2, 0.25) is 0 Å². The van der Waals surface area contributed by atoms with E-state index in [0.29, 0.717) is 5.92 Å². The zero-order valence-electron chi connectivity index (χ0n) is 34.9. The van der Waals surface area contributed by atoms with E-state index in [9.17, 15) is 0 Å². The van der Waals surface area contributed by atoms with Gasteiger partial charge in [0.15, 0.2) is 0 Å². The van der Waals surface area contributed by atoms with Gasteiger partial charge in [0.1, 0.15) is 0 Å². The molecule has 0 bridgehead atoms. The molecule has 2 aliphatic rings. The van der Waals surface area contributed by atoms with E-state index in [2.05, 4.69) is 209 Å². The van der Waals surface area contributed by atoms with Gasteiger partial charge in [-0.15, -0.1) is 0 Å². The van der Waals surface area contributed by atoms with Crippen molar-refractivity contribution in [1.29, 1.82) is 0 Å². The minimum atomic E-state index is 0.108. The van der Waals surface area contributed by atoms with Crippen LogP contribution in [0.15, 0.2) is 200 Å². The molecule has 0 amide bonds. The number of aromatic nitrogens is 1. The van der Waals surface area contributed by atoms with Crippen LogP contribution >= 0.6 is 0 Å². The van der Waals surface area contributed by atoms with E-state index in [1.54, 1.807) is 0 Å². The molecule has 0 radical (unpaired) electrons. The van der Waals surface area contributed by atoms with Crippen molar-refractivity contribution < 1.29 is 0 Å². The Hall–Kier alpha value is -6.31. The smallest absolute Gasteiger partial charge is 0.0346 e. The number of benzene rings is 5. The van der Waals surface area contributed by atoms with Crippen LogP contribution in [-0.2, 0) is 0 Å². The molecule has 0 N–H and O–H groups in total. The highest BCUT2D eigenvalue weighted by Gasteiger charge is 2.28. The Balaban J connectivity index is 0.00000252. The number of hydrogen-bond acceptors (Lipinski definition) is 1. The van der Waals surface area contributed by atoms with Gasteiger partial charge in [-0.2, -0.15) is 0 Å². The predicted octanol–water partition coefficient (Wildman–Crippen LogP) is 13.6. The molecule has 1 heteroatoms. The summed E-state index contributed by atoms with van der Waals surface area (Å²) in [6.45, 7) is 13.3. The van der Waals surface area contributed by atoms with E-state index in [1.165, 1.54) is 77.3 Å². The van der Waals surface area contributed by atoms with Gasteiger partial charge in [-0.25, -0.2) is 0 Å².